The van der Waals surface area contributed by atoms with E-state index in [1.807, 2.05) is 0 Å². The molecule has 1 aromatic rings. The van der Waals surface area contributed by atoms with Crippen molar-refractivity contribution in [3.63, 3.8) is 0 Å². The average Bonchev–Trinajstić information content (AvgIpc) is 2.55. The fourth-order valence-corrected chi connectivity index (χ4v) is 4.21. The third-order valence-electron chi connectivity index (χ3n) is 5.29. The van der Waals surface area contributed by atoms with Gasteiger partial charge in [0.15, 0.2) is 0 Å². The van der Waals surface area contributed by atoms with Crippen molar-refractivity contribution in [3.05, 3.63) is 35.4 Å². The summed E-state index contributed by atoms with van der Waals surface area (Å²) in [4.78, 5) is 24.3. The Hall–Kier alpha value is -1.88. The Bertz CT molecular complexity index is 588. The van der Waals surface area contributed by atoms with Crippen molar-refractivity contribution < 1.29 is 9.59 Å². The van der Waals surface area contributed by atoms with Gasteiger partial charge in [-0.25, -0.2) is 0 Å². The number of rotatable bonds is 3. The lowest BCUT2D eigenvalue weighted by atomic mass is 9.67. The summed E-state index contributed by atoms with van der Waals surface area (Å²) in [6.45, 7) is 0. The van der Waals surface area contributed by atoms with Crippen molar-refractivity contribution in [1.29, 1.82) is 0 Å². The molecule has 1 aromatic carbocycles. The Morgan fingerprint density at radius 1 is 1.09 bits per heavy atom. The maximum atomic E-state index is 12.6. The lowest BCUT2D eigenvalue weighted by Crippen LogP contribution is -2.53. The van der Waals surface area contributed by atoms with Crippen LogP contribution in [0.2, 0.25) is 0 Å². The molecular weight excluding hydrogens is 290 g/mol. The van der Waals surface area contributed by atoms with Crippen LogP contribution in [0.4, 0.5) is 0 Å². The molecular formula is C18H25N3O2. The molecule has 0 radical (unpaired) electrons. The summed E-state index contributed by atoms with van der Waals surface area (Å²) in [5, 5.41) is 5.80. The molecule has 2 amide bonds. The minimum absolute atomic E-state index is 0.0897. The van der Waals surface area contributed by atoms with Gasteiger partial charge < -0.3 is 16.4 Å². The van der Waals surface area contributed by atoms with E-state index >= 15 is 0 Å². The molecule has 124 valence electrons. The van der Waals surface area contributed by atoms with Crippen LogP contribution in [-0.2, 0) is 0 Å². The Kier molecular flexibility index (Phi) is 4.66. The second-order valence-electron chi connectivity index (χ2n) is 6.84. The van der Waals surface area contributed by atoms with E-state index in [-0.39, 0.29) is 23.9 Å². The second-order valence-corrected chi connectivity index (χ2v) is 6.84. The summed E-state index contributed by atoms with van der Waals surface area (Å²) in [5.41, 5.74) is 7.19. The Balaban J connectivity index is 1.73. The third kappa shape index (κ3) is 3.39. The number of hydrogen-bond donors (Lipinski definition) is 3. The predicted molar refractivity (Wildman–Crippen MR) is 89.1 cm³/mol. The first-order valence-electron chi connectivity index (χ1n) is 8.47. The highest BCUT2D eigenvalue weighted by molar-refractivity contribution is 5.99. The lowest BCUT2D eigenvalue weighted by molar-refractivity contribution is 0.0756. The predicted octanol–water partition coefficient (Wildman–Crippen LogP) is 1.68. The van der Waals surface area contributed by atoms with Gasteiger partial charge in [-0.05, 0) is 55.7 Å². The van der Waals surface area contributed by atoms with Gasteiger partial charge in [0.2, 0.25) is 0 Å². The fourth-order valence-electron chi connectivity index (χ4n) is 4.21. The molecule has 2 fully saturated rings. The number of benzene rings is 1. The smallest absolute Gasteiger partial charge is 0.251 e. The highest BCUT2D eigenvalue weighted by Gasteiger charge is 2.39. The second kappa shape index (κ2) is 6.71. The molecule has 2 saturated carbocycles. The molecule has 0 aromatic heterocycles. The van der Waals surface area contributed by atoms with E-state index in [0.29, 0.717) is 23.0 Å². The summed E-state index contributed by atoms with van der Waals surface area (Å²) >= 11 is 0. The van der Waals surface area contributed by atoms with Crippen LogP contribution in [0, 0.1) is 11.8 Å². The molecule has 3 rings (SSSR count). The number of carbonyl (C=O) groups is 2. The first-order chi connectivity index (χ1) is 11.1. The largest absolute Gasteiger partial charge is 0.355 e. The van der Waals surface area contributed by atoms with Gasteiger partial charge in [0.05, 0.1) is 0 Å². The van der Waals surface area contributed by atoms with Gasteiger partial charge in [0.1, 0.15) is 0 Å². The number of carbonyl (C=O) groups excluding carboxylic acids is 2. The summed E-state index contributed by atoms with van der Waals surface area (Å²) in [6.07, 6.45) is 5.53. The van der Waals surface area contributed by atoms with E-state index < -0.39 is 0 Å². The van der Waals surface area contributed by atoms with Crippen molar-refractivity contribution in [3.8, 4) is 0 Å². The van der Waals surface area contributed by atoms with Crippen LogP contribution >= 0.6 is 0 Å². The zero-order valence-electron chi connectivity index (χ0n) is 13.5. The Labute approximate surface area is 137 Å². The van der Waals surface area contributed by atoms with E-state index in [9.17, 15) is 9.59 Å². The molecule has 2 unspecified atom stereocenters. The monoisotopic (exact) mass is 315 g/mol. The molecule has 23 heavy (non-hydrogen) atoms. The van der Waals surface area contributed by atoms with E-state index in [0.717, 1.165) is 25.7 Å². The van der Waals surface area contributed by atoms with Crippen LogP contribution in [0.15, 0.2) is 24.3 Å². The van der Waals surface area contributed by atoms with Crippen LogP contribution in [-0.4, -0.2) is 30.9 Å². The maximum absolute atomic E-state index is 12.6. The van der Waals surface area contributed by atoms with E-state index in [1.54, 1.807) is 31.3 Å². The van der Waals surface area contributed by atoms with Crippen molar-refractivity contribution in [2.24, 2.45) is 17.6 Å². The van der Waals surface area contributed by atoms with Gasteiger partial charge in [-0.1, -0.05) is 12.5 Å². The van der Waals surface area contributed by atoms with Gasteiger partial charge in [0.25, 0.3) is 11.8 Å². The summed E-state index contributed by atoms with van der Waals surface area (Å²) in [5.74, 6) is 0.709. The van der Waals surface area contributed by atoms with Gasteiger partial charge in [0, 0.05) is 30.3 Å². The first-order valence-corrected chi connectivity index (χ1v) is 8.47. The third-order valence-corrected chi connectivity index (χ3v) is 5.29. The molecule has 0 aliphatic heterocycles. The summed E-state index contributed by atoms with van der Waals surface area (Å²) < 4.78 is 0. The topological polar surface area (TPSA) is 84.2 Å². The summed E-state index contributed by atoms with van der Waals surface area (Å²) in [7, 11) is 1.58. The van der Waals surface area contributed by atoms with Crippen LogP contribution in [0.5, 0.6) is 0 Å². The van der Waals surface area contributed by atoms with Crippen molar-refractivity contribution in [2.75, 3.05) is 7.05 Å². The molecule has 0 saturated heterocycles. The van der Waals surface area contributed by atoms with Gasteiger partial charge in [-0.3, -0.25) is 9.59 Å². The zero-order chi connectivity index (χ0) is 16.4. The normalized spacial score (nSPS) is 29.7. The van der Waals surface area contributed by atoms with Crippen LogP contribution in [0.25, 0.3) is 0 Å². The van der Waals surface area contributed by atoms with E-state index in [4.69, 9.17) is 5.73 Å². The standard InChI is InChI=1S/C18H25N3O2/c1-20-17(22)13-6-3-7-14(8-13)18(23)21-16-11-4-2-5-12(16)10-15(19)9-11/h3,6-8,11-12,15-16H,2,4-5,9-10,19H2,1H3,(H,20,22)(H,21,23). The van der Waals surface area contributed by atoms with Crippen LogP contribution < -0.4 is 16.4 Å². The molecule has 0 spiro atoms. The Morgan fingerprint density at radius 2 is 1.70 bits per heavy atom. The van der Waals surface area contributed by atoms with Crippen molar-refractivity contribution >= 4 is 11.8 Å². The Morgan fingerprint density at radius 3 is 2.30 bits per heavy atom. The molecule has 2 aliphatic rings. The van der Waals surface area contributed by atoms with Crippen molar-refractivity contribution in [2.45, 2.75) is 44.2 Å². The van der Waals surface area contributed by atoms with Crippen molar-refractivity contribution in [1.82, 2.24) is 10.6 Å². The lowest BCUT2D eigenvalue weighted by Gasteiger charge is -2.45. The summed E-state index contributed by atoms with van der Waals surface area (Å²) in [6, 6.07) is 7.36. The molecule has 4 N–H and O–H groups in total. The van der Waals surface area contributed by atoms with E-state index in [2.05, 4.69) is 10.6 Å². The molecule has 0 heterocycles. The molecule has 2 atom stereocenters. The zero-order valence-corrected chi connectivity index (χ0v) is 13.5. The number of hydrogen-bond acceptors (Lipinski definition) is 3. The molecule has 5 nitrogen and oxygen atoms in total. The molecule has 2 bridgehead atoms. The highest BCUT2D eigenvalue weighted by atomic mass is 16.2. The molecule has 5 heteroatoms. The van der Waals surface area contributed by atoms with Crippen LogP contribution in [0.1, 0.15) is 52.8 Å². The van der Waals surface area contributed by atoms with Gasteiger partial charge in [-0.2, -0.15) is 0 Å². The minimum Gasteiger partial charge on any atom is -0.355 e. The van der Waals surface area contributed by atoms with Gasteiger partial charge >= 0.3 is 0 Å². The quantitative estimate of drug-likeness (QED) is 0.793. The molecule has 2 aliphatic carbocycles. The van der Waals surface area contributed by atoms with Crippen LogP contribution in [0.3, 0.4) is 0 Å². The SMILES string of the molecule is CNC(=O)c1cccc(C(=O)NC2C3CCCC2CC(N)C3)c1. The maximum Gasteiger partial charge on any atom is 0.251 e. The van der Waals surface area contributed by atoms with Gasteiger partial charge in [-0.15, -0.1) is 0 Å². The number of nitrogens with one attached hydrogen (secondary N) is 2. The van der Waals surface area contributed by atoms with E-state index in [1.165, 1.54) is 6.42 Å². The highest BCUT2D eigenvalue weighted by Crippen LogP contribution is 2.39. The fraction of sp³-hybridized carbons (Fsp3) is 0.556. The number of amides is 2. The minimum atomic E-state index is -0.180. The number of nitrogens with two attached hydrogens (primary N) is 1. The first kappa shape index (κ1) is 16.0. The average molecular weight is 315 g/mol. The number of fused-ring (bicyclic) bond motifs is 2.